The van der Waals surface area contributed by atoms with Gasteiger partial charge in [-0.3, -0.25) is 4.90 Å². The lowest BCUT2D eigenvalue weighted by Crippen LogP contribution is -2.34. The van der Waals surface area contributed by atoms with Crippen LogP contribution in [-0.2, 0) is 0 Å². The maximum atomic E-state index is 10.6. The van der Waals surface area contributed by atoms with Crippen LogP contribution in [0.1, 0.15) is 30.3 Å². The highest BCUT2D eigenvalue weighted by Crippen LogP contribution is 2.16. The quantitative estimate of drug-likeness (QED) is 0.814. The molecule has 1 aliphatic rings. The lowest BCUT2D eigenvalue weighted by atomic mass is 10.2. The van der Waals surface area contributed by atoms with Gasteiger partial charge in [0.2, 0.25) is 0 Å². The van der Waals surface area contributed by atoms with Crippen molar-refractivity contribution in [2.45, 2.75) is 25.8 Å². The predicted molar refractivity (Wildman–Crippen MR) is 67.8 cm³/mol. The molecule has 2 N–H and O–H groups in total. The summed E-state index contributed by atoms with van der Waals surface area (Å²) in [4.78, 5) is 20.9. The first-order chi connectivity index (χ1) is 8.70. The Bertz CT molecular complexity index is 407. The molecule has 1 aromatic heterocycles. The number of hydrogen-bond acceptors (Lipinski definition) is 5. The average molecular weight is 250 g/mol. The summed E-state index contributed by atoms with van der Waals surface area (Å²) in [5, 5.41) is 11.9. The number of aromatic carboxylic acids is 1. The first-order valence-electron chi connectivity index (χ1n) is 6.24. The van der Waals surface area contributed by atoms with Gasteiger partial charge >= 0.3 is 5.97 Å². The average Bonchev–Trinajstić information content (AvgIpc) is 2.84. The monoisotopic (exact) mass is 250 g/mol. The lowest BCUT2D eigenvalue weighted by Gasteiger charge is -2.22. The topological polar surface area (TPSA) is 78.4 Å². The van der Waals surface area contributed by atoms with Crippen LogP contribution < -0.4 is 5.32 Å². The highest BCUT2D eigenvalue weighted by molar-refractivity contribution is 5.84. The van der Waals surface area contributed by atoms with Crippen LogP contribution in [0, 0.1) is 0 Å². The minimum atomic E-state index is -1.05. The molecule has 1 unspecified atom stereocenters. The molecule has 2 rings (SSSR count). The summed E-state index contributed by atoms with van der Waals surface area (Å²) < 4.78 is 0. The normalized spacial score (nSPS) is 19.9. The van der Waals surface area contributed by atoms with E-state index in [1.807, 2.05) is 0 Å². The SMILES string of the molecule is CCN1CCCC1CNc1cnc(C(=O)O)cn1. The van der Waals surface area contributed by atoms with Crippen LogP contribution in [0.2, 0.25) is 0 Å². The van der Waals surface area contributed by atoms with E-state index in [2.05, 4.69) is 27.1 Å². The standard InChI is InChI=1S/C12H18N4O2/c1-2-16-5-3-4-9(16)6-14-11-8-13-10(7-15-11)12(17)18/h7-9H,2-6H2,1H3,(H,14,15)(H,17,18). The van der Waals surface area contributed by atoms with Gasteiger partial charge in [-0.25, -0.2) is 14.8 Å². The number of nitrogens with one attached hydrogen (secondary N) is 1. The van der Waals surface area contributed by atoms with Gasteiger partial charge in [-0.05, 0) is 25.9 Å². The zero-order valence-electron chi connectivity index (χ0n) is 10.5. The summed E-state index contributed by atoms with van der Waals surface area (Å²) in [6, 6.07) is 0.538. The zero-order chi connectivity index (χ0) is 13.0. The maximum Gasteiger partial charge on any atom is 0.356 e. The number of likely N-dealkylation sites (N-methyl/N-ethyl adjacent to an activating group) is 1. The van der Waals surface area contributed by atoms with E-state index in [9.17, 15) is 4.79 Å². The van der Waals surface area contributed by atoms with Crippen LogP contribution in [0.4, 0.5) is 5.82 Å². The van der Waals surface area contributed by atoms with Crippen LogP contribution in [-0.4, -0.2) is 51.6 Å². The van der Waals surface area contributed by atoms with Crippen LogP contribution >= 0.6 is 0 Å². The lowest BCUT2D eigenvalue weighted by molar-refractivity contribution is 0.0690. The Morgan fingerprint density at radius 2 is 2.39 bits per heavy atom. The van der Waals surface area contributed by atoms with Crippen LogP contribution in [0.25, 0.3) is 0 Å². The van der Waals surface area contributed by atoms with E-state index >= 15 is 0 Å². The van der Waals surface area contributed by atoms with Gasteiger partial charge in [0.25, 0.3) is 0 Å². The number of carboxylic acids is 1. The number of carboxylic acid groups (broad SMARTS) is 1. The number of aromatic nitrogens is 2. The van der Waals surface area contributed by atoms with Crippen molar-refractivity contribution in [3.05, 3.63) is 18.1 Å². The predicted octanol–water partition coefficient (Wildman–Crippen LogP) is 1.07. The molecule has 0 saturated carbocycles. The fourth-order valence-corrected chi connectivity index (χ4v) is 2.29. The summed E-state index contributed by atoms with van der Waals surface area (Å²) in [6.07, 6.45) is 5.18. The molecule has 0 spiro atoms. The van der Waals surface area contributed by atoms with Gasteiger partial charge in [0.1, 0.15) is 5.82 Å². The molecule has 1 fully saturated rings. The number of carbonyl (C=O) groups is 1. The highest BCUT2D eigenvalue weighted by Gasteiger charge is 2.22. The molecule has 6 nitrogen and oxygen atoms in total. The van der Waals surface area contributed by atoms with E-state index in [-0.39, 0.29) is 5.69 Å². The summed E-state index contributed by atoms with van der Waals surface area (Å²) >= 11 is 0. The van der Waals surface area contributed by atoms with Crippen molar-refractivity contribution in [1.82, 2.24) is 14.9 Å². The van der Waals surface area contributed by atoms with E-state index < -0.39 is 5.97 Å². The Hall–Kier alpha value is -1.69. The smallest absolute Gasteiger partial charge is 0.356 e. The van der Waals surface area contributed by atoms with E-state index in [1.54, 1.807) is 0 Å². The first-order valence-corrected chi connectivity index (χ1v) is 6.24. The van der Waals surface area contributed by atoms with E-state index in [4.69, 9.17) is 5.11 Å². The second kappa shape index (κ2) is 5.77. The molecule has 0 aliphatic carbocycles. The van der Waals surface area contributed by atoms with Crippen LogP contribution in [0.3, 0.4) is 0 Å². The zero-order valence-corrected chi connectivity index (χ0v) is 10.5. The number of rotatable bonds is 5. The molecule has 1 aliphatic heterocycles. The molecule has 0 amide bonds. The summed E-state index contributed by atoms with van der Waals surface area (Å²) in [6.45, 7) is 5.22. The fourth-order valence-electron chi connectivity index (χ4n) is 2.29. The fraction of sp³-hybridized carbons (Fsp3) is 0.583. The number of nitrogens with zero attached hydrogens (tertiary/aromatic N) is 3. The molecule has 0 radical (unpaired) electrons. The van der Waals surface area contributed by atoms with Crippen molar-refractivity contribution in [1.29, 1.82) is 0 Å². The molecule has 0 aromatic carbocycles. The molecule has 1 atom stereocenters. The third-order valence-corrected chi connectivity index (χ3v) is 3.30. The van der Waals surface area contributed by atoms with E-state index in [0.29, 0.717) is 11.9 Å². The first kappa shape index (κ1) is 12.8. The Kier molecular flexibility index (Phi) is 4.09. The number of anilines is 1. The van der Waals surface area contributed by atoms with Gasteiger partial charge in [-0.15, -0.1) is 0 Å². The van der Waals surface area contributed by atoms with Gasteiger partial charge in [0, 0.05) is 12.6 Å². The van der Waals surface area contributed by atoms with Gasteiger partial charge in [-0.1, -0.05) is 6.92 Å². The number of likely N-dealkylation sites (tertiary alicyclic amines) is 1. The molecule has 18 heavy (non-hydrogen) atoms. The third kappa shape index (κ3) is 2.95. The van der Waals surface area contributed by atoms with Gasteiger partial charge < -0.3 is 10.4 Å². The van der Waals surface area contributed by atoms with E-state index in [0.717, 1.165) is 19.6 Å². The van der Waals surface area contributed by atoms with Crippen LogP contribution in [0.5, 0.6) is 0 Å². The molecular formula is C12H18N4O2. The Labute approximate surface area is 106 Å². The molecule has 6 heteroatoms. The summed E-state index contributed by atoms with van der Waals surface area (Å²) in [5.41, 5.74) is -0.0309. The summed E-state index contributed by atoms with van der Waals surface area (Å²) in [7, 11) is 0. The van der Waals surface area contributed by atoms with Crippen molar-refractivity contribution >= 4 is 11.8 Å². The molecule has 2 heterocycles. The summed E-state index contributed by atoms with van der Waals surface area (Å²) in [5.74, 6) is -0.426. The van der Waals surface area contributed by atoms with Gasteiger partial charge in [0.05, 0.1) is 12.4 Å². The number of hydrogen-bond donors (Lipinski definition) is 2. The van der Waals surface area contributed by atoms with Crippen molar-refractivity contribution in [3.63, 3.8) is 0 Å². The minimum Gasteiger partial charge on any atom is -0.476 e. The van der Waals surface area contributed by atoms with Gasteiger partial charge in [0.15, 0.2) is 5.69 Å². The molecule has 1 saturated heterocycles. The van der Waals surface area contributed by atoms with Crippen molar-refractivity contribution in [3.8, 4) is 0 Å². The van der Waals surface area contributed by atoms with Crippen LogP contribution in [0.15, 0.2) is 12.4 Å². The Morgan fingerprint density at radius 1 is 1.56 bits per heavy atom. The highest BCUT2D eigenvalue weighted by atomic mass is 16.4. The van der Waals surface area contributed by atoms with E-state index in [1.165, 1.54) is 25.2 Å². The Morgan fingerprint density at radius 3 is 3.00 bits per heavy atom. The Balaban J connectivity index is 1.88. The molecule has 1 aromatic rings. The van der Waals surface area contributed by atoms with Crippen molar-refractivity contribution in [2.24, 2.45) is 0 Å². The van der Waals surface area contributed by atoms with Crippen molar-refractivity contribution in [2.75, 3.05) is 25.0 Å². The maximum absolute atomic E-state index is 10.6. The minimum absolute atomic E-state index is 0.0309. The molecule has 0 bridgehead atoms. The second-order valence-corrected chi connectivity index (χ2v) is 4.40. The van der Waals surface area contributed by atoms with Crippen molar-refractivity contribution < 1.29 is 9.90 Å². The second-order valence-electron chi connectivity index (χ2n) is 4.40. The molecule has 98 valence electrons. The molecular weight excluding hydrogens is 232 g/mol. The third-order valence-electron chi connectivity index (χ3n) is 3.30. The largest absolute Gasteiger partial charge is 0.476 e. The van der Waals surface area contributed by atoms with Gasteiger partial charge in [-0.2, -0.15) is 0 Å².